The molecule has 1 aromatic rings. The average Bonchev–Trinajstić information content (AvgIpc) is 2.46. The Balaban J connectivity index is 2.11. The second kappa shape index (κ2) is 6.61. The summed E-state index contributed by atoms with van der Waals surface area (Å²) in [5.41, 5.74) is 8.88. The lowest BCUT2D eigenvalue weighted by molar-refractivity contribution is -0.0259. The quantitative estimate of drug-likeness (QED) is 0.479. The normalized spacial score (nSPS) is 22.8. The summed E-state index contributed by atoms with van der Waals surface area (Å²) in [6.07, 6.45) is -0.276. The molecule has 0 saturated carbocycles. The summed E-state index contributed by atoms with van der Waals surface area (Å²) in [5.74, 6) is 0. The molecule has 1 unspecified atom stereocenters. The van der Waals surface area contributed by atoms with Crippen molar-refractivity contribution in [1.82, 2.24) is 4.90 Å². The van der Waals surface area contributed by atoms with Crippen LogP contribution in [-0.4, -0.2) is 37.2 Å². The van der Waals surface area contributed by atoms with Gasteiger partial charge in [-0.3, -0.25) is 4.90 Å². The first-order chi connectivity index (χ1) is 9.54. The minimum Gasteiger partial charge on any atom is -0.375 e. The van der Waals surface area contributed by atoms with Crippen molar-refractivity contribution in [2.75, 3.05) is 26.2 Å². The van der Waals surface area contributed by atoms with Crippen LogP contribution in [0.15, 0.2) is 29.4 Å². The highest BCUT2D eigenvalue weighted by Gasteiger charge is 2.19. The van der Waals surface area contributed by atoms with Gasteiger partial charge in [0, 0.05) is 32.3 Å². The number of benzene rings is 1. The zero-order valence-corrected chi connectivity index (χ0v) is 10.5. The van der Waals surface area contributed by atoms with E-state index in [2.05, 4.69) is 10.0 Å². The third-order valence-electron chi connectivity index (χ3n) is 2.62. The zero-order chi connectivity index (χ0) is 14.6. The molecular formula is C12H15ClN4O. The first-order valence-electron chi connectivity index (χ1n) is 6.67. The van der Waals surface area contributed by atoms with Crippen LogP contribution in [0.5, 0.6) is 0 Å². The van der Waals surface area contributed by atoms with Gasteiger partial charge in [-0.05, 0) is 23.2 Å². The molecule has 1 saturated heterocycles. The predicted molar refractivity (Wildman–Crippen MR) is 70.5 cm³/mol. The van der Waals surface area contributed by atoms with Crippen LogP contribution in [0, 0.1) is 0 Å². The molecule has 0 aromatic heterocycles. The van der Waals surface area contributed by atoms with Gasteiger partial charge in [0.1, 0.15) is 0 Å². The maximum absolute atomic E-state index is 8.33. The Hall–Kier alpha value is -1.26. The number of halogens is 1. The van der Waals surface area contributed by atoms with Gasteiger partial charge in [-0.2, -0.15) is 0 Å². The lowest BCUT2D eigenvalue weighted by Gasteiger charge is -2.32. The minimum absolute atomic E-state index is 0.212. The fourth-order valence-electron chi connectivity index (χ4n) is 1.77. The van der Waals surface area contributed by atoms with Gasteiger partial charge in [-0.1, -0.05) is 28.8 Å². The summed E-state index contributed by atoms with van der Waals surface area (Å²) >= 11 is 5.83. The highest BCUT2D eigenvalue weighted by atomic mass is 35.5. The summed E-state index contributed by atoms with van der Waals surface area (Å²) in [7, 11) is 0. The van der Waals surface area contributed by atoms with E-state index in [1.165, 1.54) is 0 Å². The van der Waals surface area contributed by atoms with Gasteiger partial charge in [-0.25, -0.2) is 0 Å². The van der Waals surface area contributed by atoms with Crippen molar-refractivity contribution in [3.8, 4) is 0 Å². The second-order valence-electron chi connectivity index (χ2n) is 3.97. The first-order valence-corrected chi connectivity index (χ1v) is 6.05. The summed E-state index contributed by atoms with van der Waals surface area (Å²) < 4.78 is 22.0. The van der Waals surface area contributed by atoms with Crippen LogP contribution in [0.25, 0.3) is 10.4 Å². The SMILES string of the molecule is [2H]C([2H])(c1ccc(Cl)cc1)N1CCOC(CN=[N+]=[N-])C1. The van der Waals surface area contributed by atoms with E-state index in [0.29, 0.717) is 30.3 Å². The molecule has 0 aliphatic carbocycles. The van der Waals surface area contributed by atoms with Crippen molar-refractivity contribution in [1.29, 1.82) is 0 Å². The Kier molecular flexibility index (Phi) is 3.91. The lowest BCUT2D eigenvalue weighted by atomic mass is 10.2. The molecular weight excluding hydrogens is 252 g/mol. The largest absolute Gasteiger partial charge is 0.375 e. The number of rotatable bonds is 4. The third-order valence-corrected chi connectivity index (χ3v) is 2.87. The van der Waals surface area contributed by atoms with E-state index in [0.717, 1.165) is 0 Å². The Morgan fingerprint density at radius 3 is 3.06 bits per heavy atom. The van der Waals surface area contributed by atoms with Crippen molar-refractivity contribution in [3.05, 3.63) is 45.3 Å². The van der Waals surface area contributed by atoms with E-state index in [1.54, 1.807) is 29.2 Å². The summed E-state index contributed by atoms with van der Waals surface area (Å²) in [4.78, 5) is 4.39. The van der Waals surface area contributed by atoms with Crippen LogP contribution in [0.3, 0.4) is 0 Å². The molecule has 6 heteroatoms. The standard InChI is InChI=1S/C12H15ClN4O/c13-11-3-1-10(2-4-11)8-17-5-6-18-12(9-17)7-15-16-14/h1-4,12H,5-9H2/i8D2. The summed E-state index contributed by atoms with van der Waals surface area (Å²) in [6, 6.07) is 6.71. The van der Waals surface area contributed by atoms with Gasteiger partial charge >= 0.3 is 0 Å². The minimum atomic E-state index is -1.61. The fraction of sp³-hybridized carbons (Fsp3) is 0.500. The highest BCUT2D eigenvalue weighted by molar-refractivity contribution is 6.30. The molecule has 0 N–H and O–H groups in total. The number of nitrogens with zero attached hydrogens (tertiary/aromatic N) is 4. The van der Waals surface area contributed by atoms with Crippen LogP contribution >= 0.6 is 11.6 Å². The molecule has 0 spiro atoms. The van der Waals surface area contributed by atoms with Gasteiger partial charge in [-0.15, -0.1) is 0 Å². The molecule has 0 bridgehead atoms. The van der Waals surface area contributed by atoms with Gasteiger partial charge in [0.2, 0.25) is 0 Å². The van der Waals surface area contributed by atoms with Crippen LogP contribution in [0.4, 0.5) is 0 Å². The molecule has 5 nitrogen and oxygen atoms in total. The van der Waals surface area contributed by atoms with Crippen LogP contribution < -0.4 is 0 Å². The van der Waals surface area contributed by atoms with Crippen molar-refractivity contribution in [2.24, 2.45) is 5.11 Å². The second-order valence-corrected chi connectivity index (χ2v) is 4.41. The predicted octanol–water partition coefficient (Wildman–Crippen LogP) is 2.85. The van der Waals surface area contributed by atoms with Crippen LogP contribution in [-0.2, 0) is 11.2 Å². The van der Waals surface area contributed by atoms with Crippen molar-refractivity contribution in [3.63, 3.8) is 0 Å². The Labute approximate surface area is 114 Å². The van der Waals surface area contributed by atoms with Crippen molar-refractivity contribution in [2.45, 2.75) is 12.6 Å². The van der Waals surface area contributed by atoms with Crippen molar-refractivity contribution < 1.29 is 7.48 Å². The Bertz CT molecular complexity index is 505. The van der Waals surface area contributed by atoms with Crippen LogP contribution in [0.2, 0.25) is 5.02 Å². The average molecular weight is 269 g/mol. The maximum Gasteiger partial charge on any atom is 0.0759 e. The third kappa shape index (κ3) is 3.89. The Morgan fingerprint density at radius 2 is 2.33 bits per heavy atom. The summed E-state index contributed by atoms with van der Waals surface area (Å²) in [5, 5.41) is 4.06. The van der Waals surface area contributed by atoms with E-state index >= 15 is 0 Å². The van der Waals surface area contributed by atoms with E-state index in [1.807, 2.05) is 0 Å². The van der Waals surface area contributed by atoms with Gasteiger partial charge in [0.05, 0.1) is 19.3 Å². The number of hydrogen-bond donors (Lipinski definition) is 0. The maximum atomic E-state index is 8.33. The molecule has 2 rings (SSSR count). The first kappa shape index (κ1) is 10.6. The topological polar surface area (TPSA) is 61.2 Å². The number of ether oxygens (including phenoxy) is 1. The summed E-state index contributed by atoms with van der Waals surface area (Å²) in [6.45, 7) is -0.109. The van der Waals surface area contributed by atoms with E-state index < -0.39 is 6.50 Å². The van der Waals surface area contributed by atoms with Gasteiger partial charge < -0.3 is 4.74 Å². The Morgan fingerprint density at radius 1 is 1.56 bits per heavy atom. The molecule has 1 aliphatic rings. The molecule has 1 aliphatic heterocycles. The molecule has 96 valence electrons. The van der Waals surface area contributed by atoms with Crippen LogP contribution in [0.1, 0.15) is 8.30 Å². The van der Waals surface area contributed by atoms with Crippen molar-refractivity contribution >= 4 is 11.6 Å². The van der Waals surface area contributed by atoms with E-state index in [4.69, 9.17) is 24.6 Å². The fourth-order valence-corrected chi connectivity index (χ4v) is 1.89. The smallest absolute Gasteiger partial charge is 0.0759 e. The molecule has 18 heavy (non-hydrogen) atoms. The number of hydrogen-bond acceptors (Lipinski definition) is 3. The van der Waals surface area contributed by atoms with Gasteiger partial charge in [0.25, 0.3) is 0 Å². The monoisotopic (exact) mass is 268 g/mol. The molecule has 0 radical (unpaired) electrons. The van der Waals surface area contributed by atoms with Gasteiger partial charge in [0.15, 0.2) is 0 Å². The molecule has 0 amide bonds. The van der Waals surface area contributed by atoms with E-state index in [-0.39, 0.29) is 12.6 Å². The zero-order valence-electron chi connectivity index (χ0n) is 11.8. The molecule has 1 atom stereocenters. The van der Waals surface area contributed by atoms with E-state index in [9.17, 15) is 0 Å². The molecule has 1 heterocycles. The number of morpholine rings is 1. The number of azide groups is 1. The molecule has 1 aromatic carbocycles. The lowest BCUT2D eigenvalue weighted by Crippen LogP contribution is -2.43. The molecule has 1 fully saturated rings. The highest BCUT2D eigenvalue weighted by Crippen LogP contribution is 2.14.